The van der Waals surface area contributed by atoms with E-state index in [-0.39, 0.29) is 5.56 Å². The molecule has 3 aromatic rings. The fraction of sp³-hybridized carbons (Fsp3) is 0.250. The number of benzene rings is 2. The Kier molecular flexibility index (Phi) is 3.34. The summed E-state index contributed by atoms with van der Waals surface area (Å²) in [6, 6.07) is 11.8. The van der Waals surface area contributed by atoms with Crippen molar-refractivity contribution in [3.05, 3.63) is 57.9 Å². The number of aromatic nitrogens is 1. The molecule has 0 N–H and O–H groups in total. The van der Waals surface area contributed by atoms with Crippen molar-refractivity contribution in [1.82, 2.24) is 4.57 Å². The zero-order chi connectivity index (χ0) is 16.8. The molecular formula is C20H19NO3. The lowest BCUT2D eigenvalue weighted by molar-refractivity contribution is 0.414. The highest BCUT2D eigenvalue weighted by Gasteiger charge is 2.23. The predicted molar refractivity (Wildman–Crippen MR) is 95.1 cm³/mol. The number of hydrogen-bond donors (Lipinski definition) is 0. The molecule has 0 spiro atoms. The minimum atomic E-state index is 0.0232. The molecule has 0 saturated carbocycles. The largest absolute Gasteiger partial charge is 0.497 e. The van der Waals surface area contributed by atoms with Crippen LogP contribution in [-0.4, -0.2) is 18.8 Å². The highest BCUT2D eigenvalue weighted by atomic mass is 16.5. The summed E-state index contributed by atoms with van der Waals surface area (Å²) in [6.07, 6.45) is 1.83. The van der Waals surface area contributed by atoms with Crippen molar-refractivity contribution in [2.24, 2.45) is 7.05 Å². The lowest BCUT2D eigenvalue weighted by Gasteiger charge is -2.24. The highest BCUT2D eigenvalue weighted by Crippen LogP contribution is 2.38. The minimum Gasteiger partial charge on any atom is -0.497 e. The number of aryl methyl sites for hydroxylation is 2. The lowest BCUT2D eigenvalue weighted by atomic mass is 9.86. The molecule has 0 unspecified atom stereocenters. The van der Waals surface area contributed by atoms with Gasteiger partial charge in [-0.05, 0) is 65.8 Å². The molecule has 1 aliphatic carbocycles. The van der Waals surface area contributed by atoms with Gasteiger partial charge in [-0.1, -0.05) is 0 Å². The van der Waals surface area contributed by atoms with E-state index in [1.165, 1.54) is 11.1 Å². The van der Waals surface area contributed by atoms with Gasteiger partial charge >= 0.3 is 0 Å². The molecule has 122 valence electrons. The van der Waals surface area contributed by atoms with Crippen molar-refractivity contribution in [2.75, 3.05) is 14.2 Å². The second-order valence-corrected chi connectivity index (χ2v) is 6.13. The molecule has 1 heterocycles. The summed E-state index contributed by atoms with van der Waals surface area (Å²) in [4.78, 5) is 12.8. The van der Waals surface area contributed by atoms with E-state index >= 15 is 0 Å². The first kappa shape index (κ1) is 14.8. The molecule has 24 heavy (non-hydrogen) atoms. The van der Waals surface area contributed by atoms with Crippen LogP contribution in [0.2, 0.25) is 0 Å². The Morgan fingerprint density at radius 1 is 0.917 bits per heavy atom. The van der Waals surface area contributed by atoms with E-state index < -0.39 is 0 Å². The Bertz CT molecular complexity index is 1020. The maximum Gasteiger partial charge on any atom is 0.258 e. The average molecular weight is 321 g/mol. The number of pyridine rings is 1. The zero-order valence-electron chi connectivity index (χ0n) is 14.1. The first-order valence-electron chi connectivity index (χ1n) is 8.01. The smallest absolute Gasteiger partial charge is 0.258 e. The number of rotatable bonds is 2. The third-order valence-corrected chi connectivity index (χ3v) is 4.92. The molecule has 0 saturated heterocycles. The maximum atomic E-state index is 12.8. The SMILES string of the molecule is COc1ccc2c(c1)CCc1c-2n(C)c(=O)c2ccc(OC)cc12. The van der Waals surface area contributed by atoms with Crippen LogP contribution in [0.15, 0.2) is 41.2 Å². The Morgan fingerprint density at radius 2 is 1.62 bits per heavy atom. The van der Waals surface area contributed by atoms with Crippen molar-refractivity contribution in [1.29, 1.82) is 0 Å². The van der Waals surface area contributed by atoms with Gasteiger partial charge in [-0.2, -0.15) is 0 Å². The predicted octanol–water partition coefficient (Wildman–Crippen LogP) is 3.32. The van der Waals surface area contributed by atoms with Crippen molar-refractivity contribution >= 4 is 10.8 Å². The second-order valence-electron chi connectivity index (χ2n) is 6.13. The average Bonchev–Trinajstić information content (AvgIpc) is 2.64. The van der Waals surface area contributed by atoms with Gasteiger partial charge in [-0.15, -0.1) is 0 Å². The van der Waals surface area contributed by atoms with Crippen molar-refractivity contribution in [2.45, 2.75) is 12.8 Å². The molecule has 1 aliphatic rings. The minimum absolute atomic E-state index is 0.0232. The van der Waals surface area contributed by atoms with Crippen LogP contribution in [0.1, 0.15) is 11.1 Å². The topological polar surface area (TPSA) is 40.5 Å². The van der Waals surface area contributed by atoms with Crippen molar-refractivity contribution in [3.8, 4) is 22.8 Å². The molecule has 0 fully saturated rings. The van der Waals surface area contributed by atoms with Crippen molar-refractivity contribution in [3.63, 3.8) is 0 Å². The molecule has 0 amide bonds. The van der Waals surface area contributed by atoms with Crippen LogP contribution in [0.4, 0.5) is 0 Å². The van der Waals surface area contributed by atoms with Crippen LogP contribution in [0, 0.1) is 0 Å². The Labute approximate surface area is 140 Å². The van der Waals surface area contributed by atoms with Crippen LogP contribution in [0.25, 0.3) is 22.0 Å². The Morgan fingerprint density at radius 3 is 2.38 bits per heavy atom. The lowest BCUT2D eigenvalue weighted by Crippen LogP contribution is -2.23. The number of ether oxygens (including phenoxy) is 2. The molecule has 0 bridgehead atoms. The van der Waals surface area contributed by atoms with E-state index in [1.807, 2.05) is 31.3 Å². The molecule has 4 heteroatoms. The van der Waals surface area contributed by atoms with Gasteiger partial charge in [0.15, 0.2) is 0 Å². The van der Waals surface area contributed by atoms with Gasteiger partial charge in [0.2, 0.25) is 0 Å². The third kappa shape index (κ3) is 2.03. The zero-order valence-corrected chi connectivity index (χ0v) is 14.1. The molecule has 1 aromatic heterocycles. The fourth-order valence-corrected chi connectivity index (χ4v) is 3.69. The van der Waals surface area contributed by atoms with E-state index in [0.29, 0.717) is 0 Å². The number of fused-ring (bicyclic) bond motifs is 5. The molecular weight excluding hydrogens is 302 g/mol. The van der Waals surface area contributed by atoms with Crippen LogP contribution in [0.5, 0.6) is 11.5 Å². The first-order chi connectivity index (χ1) is 11.6. The summed E-state index contributed by atoms with van der Waals surface area (Å²) in [5.74, 6) is 1.63. The molecule has 0 atom stereocenters. The normalized spacial score (nSPS) is 12.6. The Hall–Kier alpha value is -2.75. The number of hydrogen-bond acceptors (Lipinski definition) is 3. The maximum absolute atomic E-state index is 12.8. The van der Waals surface area contributed by atoms with Gasteiger partial charge in [0.25, 0.3) is 5.56 Å². The quantitative estimate of drug-likeness (QED) is 0.727. The summed E-state index contributed by atoms with van der Waals surface area (Å²) in [6.45, 7) is 0. The van der Waals surface area contributed by atoms with Gasteiger partial charge in [-0.3, -0.25) is 4.79 Å². The summed E-state index contributed by atoms with van der Waals surface area (Å²) >= 11 is 0. The van der Waals surface area contributed by atoms with E-state index in [9.17, 15) is 4.79 Å². The van der Waals surface area contributed by atoms with Gasteiger partial charge in [0, 0.05) is 18.0 Å². The molecule has 4 rings (SSSR count). The summed E-state index contributed by atoms with van der Waals surface area (Å²) in [5.41, 5.74) is 4.57. The molecule has 4 nitrogen and oxygen atoms in total. The van der Waals surface area contributed by atoms with E-state index in [1.54, 1.807) is 18.8 Å². The second kappa shape index (κ2) is 5.41. The molecule has 0 radical (unpaired) electrons. The van der Waals surface area contributed by atoms with E-state index in [4.69, 9.17) is 9.47 Å². The van der Waals surface area contributed by atoms with Crippen LogP contribution < -0.4 is 15.0 Å². The summed E-state index contributed by atoms with van der Waals surface area (Å²) < 4.78 is 12.5. The first-order valence-corrected chi connectivity index (χ1v) is 8.01. The van der Waals surface area contributed by atoms with Gasteiger partial charge < -0.3 is 14.0 Å². The summed E-state index contributed by atoms with van der Waals surface area (Å²) in [7, 11) is 5.18. The van der Waals surface area contributed by atoms with Gasteiger partial charge in [0.1, 0.15) is 11.5 Å². The van der Waals surface area contributed by atoms with Crippen LogP contribution >= 0.6 is 0 Å². The van der Waals surface area contributed by atoms with E-state index in [2.05, 4.69) is 12.1 Å². The number of nitrogens with zero attached hydrogens (tertiary/aromatic N) is 1. The highest BCUT2D eigenvalue weighted by molar-refractivity contribution is 5.92. The van der Waals surface area contributed by atoms with Crippen LogP contribution in [0.3, 0.4) is 0 Å². The monoisotopic (exact) mass is 321 g/mol. The van der Waals surface area contributed by atoms with E-state index in [0.717, 1.165) is 46.4 Å². The third-order valence-electron chi connectivity index (χ3n) is 4.92. The molecule has 0 aliphatic heterocycles. The van der Waals surface area contributed by atoms with Gasteiger partial charge in [-0.25, -0.2) is 0 Å². The summed E-state index contributed by atoms with van der Waals surface area (Å²) in [5, 5.41) is 1.74. The fourth-order valence-electron chi connectivity index (χ4n) is 3.69. The van der Waals surface area contributed by atoms with Crippen LogP contribution in [-0.2, 0) is 19.9 Å². The standard InChI is InChI=1S/C20H19NO3/c1-21-19-15-8-5-13(23-2)10-12(15)4-7-16(19)18-11-14(24-3)6-9-17(18)20(21)22/h5-6,8-11H,4,7H2,1-3H3. The van der Waals surface area contributed by atoms with Crippen molar-refractivity contribution < 1.29 is 9.47 Å². The van der Waals surface area contributed by atoms with Gasteiger partial charge in [0.05, 0.1) is 19.9 Å². The number of methoxy groups -OCH3 is 2. The Balaban J connectivity index is 2.09. The molecule has 2 aromatic carbocycles.